The fraction of sp³-hybridized carbons (Fsp3) is 0. The Morgan fingerprint density at radius 1 is 0.828 bits per heavy atom. The summed E-state index contributed by atoms with van der Waals surface area (Å²) in [7, 11) is -3.82. The van der Waals surface area contributed by atoms with E-state index in [1.165, 1.54) is 36.4 Å². The lowest BCUT2D eigenvalue weighted by Crippen LogP contribution is -2.15. The molecule has 3 aromatic rings. The Bertz CT molecular complexity index is 1170. The molecule has 150 valence electrons. The van der Waals surface area contributed by atoms with Gasteiger partial charge in [-0.15, -0.1) is 0 Å². The lowest BCUT2D eigenvalue weighted by Gasteiger charge is -2.10. The van der Waals surface area contributed by atoms with Crippen LogP contribution >= 0.6 is 15.9 Å². The normalized spacial score (nSPS) is 11.2. The number of carbonyl (C=O) groups excluding carboxylic acids is 1. The van der Waals surface area contributed by atoms with Gasteiger partial charge in [-0.2, -0.15) is 0 Å². The first-order valence-electron chi connectivity index (χ1n) is 8.00. The van der Waals surface area contributed by atoms with Crippen LogP contribution in [0.15, 0.2) is 70.0 Å². The number of rotatable bonds is 5. The summed E-state index contributed by atoms with van der Waals surface area (Å²) in [5, 5.41) is 2.13. The second-order valence-corrected chi connectivity index (χ2v) is 8.44. The van der Waals surface area contributed by atoms with Gasteiger partial charge < -0.3 is 5.32 Å². The van der Waals surface area contributed by atoms with Crippen molar-refractivity contribution in [3.05, 3.63) is 88.2 Å². The van der Waals surface area contributed by atoms with E-state index in [4.69, 9.17) is 0 Å². The highest BCUT2D eigenvalue weighted by molar-refractivity contribution is 9.10. The Morgan fingerprint density at radius 2 is 1.41 bits per heavy atom. The zero-order valence-electron chi connectivity index (χ0n) is 14.4. The van der Waals surface area contributed by atoms with Gasteiger partial charge in [0.1, 0.15) is 5.82 Å². The quantitative estimate of drug-likeness (QED) is 0.504. The summed E-state index contributed by atoms with van der Waals surface area (Å²) in [4.78, 5) is 12.2. The lowest BCUT2D eigenvalue weighted by atomic mass is 10.2. The van der Waals surface area contributed by atoms with E-state index in [9.17, 15) is 26.4 Å². The van der Waals surface area contributed by atoms with Crippen LogP contribution < -0.4 is 10.0 Å². The van der Waals surface area contributed by atoms with Gasteiger partial charge in [0.05, 0.1) is 10.6 Å². The molecule has 0 saturated carbocycles. The molecule has 2 N–H and O–H groups in total. The number of sulfonamides is 1. The molecule has 0 radical (unpaired) electrons. The molecule has 0 aromatic heterocycles. The minimum Gasteiger partial charge on any atom is -0.319 e. The number of hydrogen-bond donors (Lipinski definition) is 2. The van der Waals surface area contributed by atoms with E-state index in [0.29, 0.717) is 12.1 Å². The largest absolute Gasteiger partial charge is 0.319 e. The van der Waals surface area contributed by atoms with Crippen molar-refractivity contribution in [3.8, 4) is 0 Å². The van der Waals surface area contributed by atoms with E-state index >= 15 is 0 Å². The SMILES string of the molecule is O=C(Nc1cc(F)c(F)cc1F)c1ccc(NS(=O)(=O)c2ccc(Br)cc2)cc1. The summed E-state index contributed by atoms with van der Waals surface area (Å²) in [6, 6.07) is 12.1. The van der Waals surface area contributed by atoms with Gasteiger partial charge in [-0.1, -0.05) is 15.9 Å². The van der Waals surface area contributed by atoms with Gasteiger partial charge in [-0.25, -0.2) is 21.6 Å². The van der Waals surface area contributed by atoms with Crippen molar-refractivity contribution in [2.24, 2.45) is 0 Å². The second-order valence-electron chi connectivity index (χ2n) is 5.84. The van der Waals surface area contributed by atoms with Crippen LogP contribution in [0.25, 0.3) is 0 Å². The first-order chi connectivity index (χ1) is 13.7. The molecule has 10 heteroatoms. The number of hydrogen-bond acceptors (Lipinski definition) is 3. The van der Waals surface area contributed by atoms with Crippen LogP contribution in [0, 0.1) is 17.5 Å². The number of nitrogens with one attached hydrogen (secondary N) is 2. The van der Waals surface area contributed by atoms with Crippen LogP contribution in [0.3, 0.4) is 0 Å². The lowest BCUT2D eigenvalue weighted by molar-refractivity contribution is 0.102. The number of amides is 1. The van der Waals surface area contributed by atoms with Gasteiger partial charge in [0.2, 0.25) is 0 Å². The van der Waals surface area contributed by atoms with E-state index in [0.717, 1.165) is 4.47 Å². The molecule has 0 fully saturated rings. The number of halogens is 4. The van der Waals surface area contributed by atoms with Crippen LogP contribution in [-0.2, 0) is 10.0 Å². The van der Waals surface area contributed by atoms with Crippen LogP contribution in [-0.4, -0.2) is 14.3 Å². The van der Waals surface area contributed by atoms with E-state index < -0.39 is 39.1 Å². The van der Waals surface area contributed by atoms with E-state index in [1.54, 1.807) is 12.1 Å². The maximum Gasteiger partial charge on any atom is 0.261 e. The van der Waals surface area contributed by atoms with Crippen molar-refractivity contribution in [2.45, 2.75) is 4.90 Å². The standard InChI is InChI=1S/C19H12BrF3N2O3S/c20-12-3-7-14(8-4-12)29(27,28)25-13-5-1-11(2-6-13)19(26)24-18-10-16(22)15(21)9-17(18)23/h1-10,25H,(H,24,26). The second kappa shape index (κ2) is 8.26. The molecule has 0 bridgehead atoms. The van der Waals surface area contributed by atoms with Crippen LogP contribution in [0.5, 0.6) is 0 Å². The topological polar surface area (TPSA) is 75.3 Å². The Morgan fingerprint density at radius 3 is 2.03 bits per heavy atom. The Hall–Kier alpha value is -2.85. The molecule has 0 heterocycles. The van der Waals surface area contributed by atoms with Crippen molar-refractivity contribution in [2.75, 3.05) is 10.0 Å². The van der Waals surface area contributed by atoms with Crippen LogP contribution in [0.1, 0.15) is 10.4 Å². The van der Waals surface area contributed by atoms with Crippen molar-refractivity contribution < 1.29 is 26.4 Å². The summed E-state index contributed by atoms with van der Waals surface area (Å²) >= 11 is 3.22. The zero-order valence-corrected chi connectivity index (χ0v) is 16.8. The first kappa shape index (κ1) is 20.9. The molecule has 5 nitrogen and oxygen atoms in total. The van der Waals surface area contributed by atoms with Gasteiger partial charge >= 0.3 is 0 Å². The smallest absolute Gasteiger partial charge is 0.261 e. The van der Waals surface area contributed by atoms with Crippen molar-refractivity contribution in [3.63, 3.8) is 0 Å². The highest BCUT2D eigenvalue weighted by Crippen LogP contribution is 2.21. The Labute approximate surface area is 172 Å². The minimum atomic E-state index is -3.82. The highest BCUT2D eigenvalue weighted by atomic mass is 79.9. The van der Waals surface area contributed by atoms with E-state index in [1.807, 2.05) is 0 Å². The summed E-state index contributed by atoms with van der Waals surface area (Å²) in [5.41, 5.74) is -0.266. The van der Waals surface area contributed by atoms with Crippen molar-refractivity contribution in [1.82, 2.24) is 0 Å². The molecule has 29 heavy (non-hydrogen) atoms. The predicted molar refractivity (Wildman–Crippen MR) is 106 cm³/mol. The molecule has 1 amide bonds. The maximum absolute atomic E-state index is 13.6. The molecule has 0 aliphatic carbocycles. The molecule has 3 rings (SSSR count). The van der Waals surface area contributed by atoms with Gasteiger partial charge in [-0.3, -0.25) is 9.52 Å². The Balaban J connectivity index is 1.73. The number of carbonyl (C=O) groups is 1. The summed E-state index contributed by atoms with van der Waals surface area (Å²) in [6.45, 7) is 0. The Kier molecular flexibility index (Phi) is 5.94. The third-order valence-electron chi connectivity index (χ3n) is 3.78. The van der Waals surface area contributed by atoms with Gasteiger partial charge in [0, 0.05) is 27.9 Å². The van der Waals surface area contributed by atoms with Crippen LogP contribution in [0.4, 0.5) is 24.5 Å². The fourth-order valence-electron chi connectivity index (χ4n) is 2.33. The van der Waals surface area contributed by atoms with Gasteiger partial charge in [-0.05, 0) is 48.5 Å². The molecular weight excluding hydrogens is 473 g/mol. The summed E-state index contributed by atoms with van der Waals surface area (Å²) in [5.74, 6) is -4.59. The molecule has 0 unspecified atom stereocenters. The molecule has 3 aromatic carbocycles. The monoisotopic (exact) mass is 484 g/mol. The maximum atomic E-state index is 13.6. The first-order valence-corrected chi connectivity index (χ1v) is 10.3. The van der Waals surface area contributed by atoms with E-state index in [2.05, 4.69) is 26.0 Å². The summed E-state index contributed by atoms with van der Waals surface area (Å²) < 4.78 is 67.6. The zero-order chi connectivity index (χ0) is 21.2. The molecule has 0 saturated heterocycles. The summed E-state index contributed by atoms with van der Waals surface area (Å²) in [6.07, 6.45) is 0. The molecule has 0 aliphatic heterocycles. The molecule has 0 spiro atoms. The average molecular weight is 485 g/mol. The van der Waals surface area contributed by atoms with Crippen molar-refractivity contribution >= 4 is 43.2 Å². The predicted octanol–water partition coefficient (Wildman–Crippen LogP) is 4.92. The van der Waals surface area contributed by atoms with Crippen molar-refractivity contribution in [1.29, 1.82) is 0 Å². The highest BCUT2D eigenvalue weighted by Gasteiger charge is 2.16. The van der Waals surface area contributed by atoms with Gasteiger partial charge in [0.15, 0.2) is 11.6 Å². The van der Waals surface area contributed by atoms with Gasteiger partial charge in [0.25, 0.3) is 15.9 Å². The minimum absolute atomic E-state index is 0.0522. The number of anilines is 2. The molecule has 0 atom stereocenters. The van der Waals surface area contributed by atoms with Crippen LogP contribution in [0.2, 0.25) is 0 Å². The third kappa shape index (κ3) is 4.96. The molecule has 0 aliphatic rings. The fourth-order valence-corrected chi connectivity index (χ4v) is 3.65. The molecular formula is C19H12BrF3N2O3S. The average Bonchev–Trinajstić information content (AvgIpc) is 2.66. The third-order valence-corrected chi connectivity index (χ3v) is 5.71. The number of benzene rings is 3. The van der Waals surface area contributed by atoms with E-state index in [-0.39, 0.29) is 16.1 Å².